The van der Waals surface area contributed by atoms with E-state index >= 15 is 0 Å². The Balaban J connectivity index is 1.98. The van der Waals surface area contributed by atoms with Gasteiger partial charge in [0, 0.05) is 0 Å². The van der Waals surface area contributed by atoms with Crippen molar-refractivity contribution in [1.82, 2.24) is 5.32 Å². The van der Waals surface area contributed by atoms with Gasteiger partial charge in [-0.3, -0.25) is 0 Å². The molecule has 1 N–H and O–H groups in total. The highest BCUT2D eigenvalue weighted by atomic mass is 14.9. The summed E-state index contributed by atoms with van der Waals surface area (Å²) in [6.07, 6.45) is 12.9. The van der Waals surface area contributed by atoms with Crippen LogP contribution < -0.4 is 5.32 Å². The standard InChI is InChI=1S/C15H31N/c1-3-5-7-14-8-10-15(11-9-14)13-16-12-6-4-2/h14-16H,3-13H2,1-2H3. The summed E-state index contributed by atoms with van der Waals surface area (Å²) in [6, 6.07) is 0. The quantitative estimate of drug-likeness (QED) is 0.605. The first-order valence-corrected chi connectivity index (χ1v) is 7.57. The van der Waals surface area contributed by atoms with Crippen molar-refractivity contribution in [1.29, 1.82) is 0 Å². The molecule has 0 aromatic rings. The second kappa shape index (κ2) is 9.04. The van der Waals surface area contributed by atoms with Gasteiger partial charge in [0.05, 0.1) is 0 Å². The molecule has 0 aromatic carbocycles. The molecule has 0 atom stereocenters. The Morgan fingerprint density at radius 1 is 0.875 bits per heavy atom. The summed E-state index contributed by atoms with van der Waals surface area (Å²) in [6.45, 7) is 7.08. The Morgan fingerprint density at radius 3 is 2.12 bits per heavy atom. The Morgan fingerprint density at radius 2 is 1.50 bits per heavy atom. The van der Waals surface area contributed by atoms with Gasteiger partial charge in [-0.05, 0) is 44.2 Å². The summed E-state index contributed by atoms with van der Waals surface area (Å²) in [5, 5.41) is 3.61. The van der Waals surface area contributed by atoms with Crippen molar-refractivity contribution in [2.45, 2.75) is 71.6 Å². The molecule has 16 heavy (non-hydrogen) atoms. The average Bonchev–Trinajstić information content (AvgIpc) is 2.33. The second-order valence-corrected chi connectivity index (χ2v) is 5.59. The van der Waals surface area contributed by atoms with Crippen LogP contribution in [-0.2, 0) is 0 Å². The molecule has 96 valence electrons. The topological polar surface area (TPSA) is 12.0 Å². The predicted molar refractivity (Wildman–Crippen MR) is 72.8 cm³/mol. The Labute approximate surface area is 102 Å². The lowest BCUT2D eigenvalue weighted by Crippen LogP contribution is -2.27. The molecule has 0 aliphatic heterocycles. The van der Waals surface area contributed by atoms with Crippen LogP contribution in [0, 0.1) is 11.8 Å². The van der Waals surface area contributed by atoms with E-state index in [9.17, 15) is 0 Å². The second-order valence-electron chi connectivity index (χ2n) is 5.59. The van der Waals surface area contributed by atoms with E-state index in [2.05, 4.69) is 19.2 Å². The Kier molecular flexibility index (Phi) is 7.92. The lowest BCUT2D eigenvalue weighted by atomic mass is 9.80. The number of unbranched alkanes of at least 4 members (excludes halogenated alkanes) is 2. The highest BCUT2D eigenvalue weighted by Gasteiger charge is 2.20. The van der Waals surface area contributed by atoms with Crippen molar-refractivity contribution in [2.75, 3.05) is 13.1 Å². The third-order valence-corrected chi connectivity index (χ3v) is 4.07. The molecular weight excluding hydrogens is 194 g/mol. The number of nitrogens with one attached hydrogen (secondary N) is 1. The third kappa shape index (κ3) is 5.89. The summed E-state index contributed by atoms with van der Waals surface area (Å²) in [7, 11) is 0. The minimum absolute atomic E-state index is 0.981. The van der Waals surface area contributed by atoms with Crippen molar-refractivity contribution in [3.8, 4) is 0 Å². The average molecular weight is 225 g/mol. The molecule has 1 heteroatoms. The largest absolute Gasteiger partial charge is 0.316 e. The highest BCUT2D eigenvalue weighted by molar-refractivity contribution is 4.74. The normalized spacial score (nSPS) is 25.9. The maximum absolute atomic E-state index is 3.61. The molecule has 1 nitrogen and oxygen atoms in total. The molecule has 0 heterocycles. The summed E-state index contributed by atoms with van der Waals surface area (Å²) in [5.41, 5.74) is 0. The first-order chi connectivity index (χ1) is 7.86. The first-order valence-electron chi connectivity index (χ1n) is 7.57. The van der Waals surface area contributed by atoms with Crippen molar-refractivity contribution < 1.29 is 0 Å². The molecule has 0 spiro atoms. The molecule has 0 amide bonds. The molecular formula is C15H31N. The van der Waals surface area contributed by atoms with Gasteiger partial charge in [0.1, 0.15) is 0 Å². The number of hydrogen-bond donors (Lipinski definition) is 1. The fourth-order valence-electron chi connectivity index (χ4n) is 2.83. The summed E-state index contributed by atoms with van der Waals surface area (Å²) >= 11 is 0. The molecule has 1 saturated carbocycles. The Hall–Kier alpha value is -0.0400. The monoisotopic (exact) mass is 225 g/mol. The molecule has 0 bridgehead atoms. The van der Waals surface area contributed by atoms with Gasteiger partial charge in [-0.2, -0.15) is 0 Å². The van der Waals surface area contributed by atoms with E-state index in [1.807, 2.05) is 0 Å². The molecule has 0 aromatic heterocycles. The zero-order valence-electron chi connectivity index (χ0n) is 11.4. The molecule has 0 unspecified atom stereocenters. The van der Waals surface area contributed by atoms with Gasteiger partial charge < -0.3 is 5.32 Å². The fraction of sp³-hybridized carbons (Fsp3) is 1.00. The van der Waals surface area contributed by atoms with Crippen molar-refractivity contribution in [3.63, 3.8) is 0 Å². The fourth-order valence-corrected chi connectivity index (χ4v) is 2.83. The van der Waals surface area contributed by atoms with Crippen LogP contribution >= 0.6 is 0 Å². The van der Waals surface area contributed by atoms with Crippen LogP contribution in [0.5, 0.6) is 0 Å². The van der Waals surface area contributed by atoms with Crippen LogP contribution in [0.4, 0.5) is 0 Å². The molecule has 1 rings (SSSR count). The summed E-state index contributed by atoms with van der Waals surface area (Å²) < 4.78 is 0. The predicted octanol–water partition coefficient (Wildman–Crippen LogP) is 4.37. The van der Waals surface area contributed by atoms with E-state index in [4.69, 9.17) is 0 Å². The number of hydrogen-bond acceptors (Lipinski definition) is 1. The lowest BCUT2D eigenvalue weighted by Gasteiger charge is -2.28. The third-order valence-electron chi connectivity index (χ3n) is 4.07. The number of rotatable bonds is 8. The SMILES string of the molecule is CCCCNCC1CCC(CCCC)CC1. The van der Waals surface area contributed by atoms with Crippen molar-refractivity contribution in [3.05, 3.63) is 0 Å². The Bertz CT molecular complexity index is 148. The molecule has 0 radical (unpaired) electrons. The van der Waals surface area contributed by atoms with Crippen LogP contribution in [0.3, 0.4) is 0 Å². The smallest absolute Gasteiger partial charge is 0.00205 e. The summed E-state index contributed by atoms with van der Waals surface area (Å²) in [5.74, 6) is 2.04. The first kappa shape index (κ1) is 14.0. The van der Waals surface area contributed by atoms with E-state index in [-0.39, 0.29) is 0 Å². The van der Waals surface area contributed by atoms with E-state index in [0.29, 0.717) is 0 Å². The van der Waals surface area contributed by atoms with Gasteiger partial charge in [-0.1, -0.05) is 52.4 Å². The van der Waals surface area contributed by atoms with Gasteiger partial charge >= 0.3 is 0 Å². The van der Waals surface area contributed by atoms with Gasteiger partial charge in [-0.15, -0.1) is 0 Å². The van der Waals surface area contributed by atoms with Crippen molar-refractivity contribution >= 4 is 0 Å². The zero-order valence-corrected chi connectivity index (χ0v) is 11.4. The van der Waals surface area contributed by atoms with Gasteiger partial charge in [0.15, 0.2) is 0 Å². The highest BCUT2D eigenvalue weighted by Crippen LogP contribution is 2.31. The van der Waals surface area contributed by atoms with Crippen LogP contribution in [0.1, 0.15) is 71.6 Å². The molecule has 1 aliphatic carbocycles. The summed E-state index contributed by atoms with van der Waals surface area (Å²) in [4.78, 5) is 0. The zero-order chi connectivity index (χ0) is 11.6. The van der Waals surface area contributed by atoms with E-state index in [1.165, 1.54) is 70.9 Å². The van der Waals surface area contributed by atoms with E-state index in [0.717, 1.165) is 11.8 Å². The van der Waals surface area contributed by atoms with E-state index < -0.39 is 0 Å². The van der Waals surface area contributed by atoms with E-state index in [1.54, 1.807) is 0 Å². The lowest BCUT2D eigenvalue weighted by molar-refractivity contribution is 0.254. The maximum atomic E-state index is 3.61. The molecule has 1 fully saturated rings. The van der Waals surface area contributed by atoms with Crippen LogP contribution in [-0.4, -0.2) is 13.1 Å². The van der Waals surface area contributed by atoms with Crippen LogP contribution in [0.25, 0.3) is 0 Å². The minimum Gasteiger partial charge on any atom is -0.316 e. The molecule has 0 saturated heterocycles. The van der Waals surface area contributed by atoms with Gasteiger partial charge in [0.25, 0.3) is 0 Å². The van der Waals surface area contributed by atoms with Gasteiger partial charge in [-0.25, -0.2) is 0 Å². The molecule has 1 aliphatic rings. The minimum atomic E-state index is 0.981. The van der Waals surface area contributed by atoms with Gasteiger partial charge in [0.2, 0.25) is 0 Å². The van der Waals surface area contributed by atoms with Crippen LogP contribution in [0.2, 0.25) is 0 Å². The maximum Gasteiger partial charge on any atom is -0.00205 e. The van der Waals surface area contributed by atoms with Crippen LogP contribution in [0.15, 0.2) is 0 Å². The van der Waals surface area contributed by atoms with Crippen molar-refractivity contribution in [2.24, 2.45) is 11.8 Å².